The third kappa shape index (κ3) is 6.50. The van der Waals surface area contributed by atoms with Crippen LogP contribution >= 0.6 is 11.6 Å². The van der Waals surface area contributed by atoms with E-state index in [4.69, 9.17) is 16.3 Å². The number of nitrogens with one attached hydrogen (secondary N) is 1. The maximum Gasteiger partial charge on any atom is 0.326 e. The first-order valence-electron chi connectivity index (χ1n) is 10.0. The van der Waals surface area contributed by atoms with E-state index in [1.54, 1.807) is 36.4 Å². The van der Waals surface area contributed by atoms with Crippen molar-refractivity contribution in [1.29, 1.82) is 0 Å². The lowest BCUT2D eigenvalue weighted by molar-refractivity contribution is -0.141. The van der Waals surface area contributed by atoms with Crippen LogP contribution in [0.25, 0.3) is 0 Å². The minimum atomic E-state index is -1.03. The second-order valence-corrected chi connectivity index (χ2v) is 7.94. The lowest BCUT2D eigenvalue weighted by Gasteiger charge is -2.16. The Bertz CT molecular complexity index is 831. The van der Waals surface area contributed by atoms with Crippen molar-refractivity contribution in [3.63, 3.8) is 0 Å². The number of carbonyl (C=O) groups is 2. The van der Waals surface area contributed by atoms with Crippen LogP contribution in [0.3, 0.4) is 0 Å². The summed E-state index contributed by atoms with van der Waals surface area (Å²) in [5.74, 6) is 0.544. The fourth-order valence-electron chi connectivity index (χ4n) is 3.68. The second kappa shape index (κ2) is 10.3. The quantitative estimate of drug-likeness (QED) is 0.589. The number of ether oxygens (including phenoxy) is 1. The van der Waals surface area contributed by atoms with Crippen LogP contribution in [0.1, 0.15) is 44.1 Å². The smallest absolute Gasteiger partial charge is 0.326 e. The van der Waals surface area contributed by atoms with Gasteiger partial charge >= 0.3 is 5.97 Å². The maximum atomic E-state index is 12.2. The Kier molecular flexibility index (Phi) is 7.53. The SMILES string of the molecule is O=C(CCC1CCCC1)N[C@@H](Cc1ccc(Oc2ccccc2Cl)cc1)C(=O)O. The van der Waals surface area contributed by atoms with Gasteiger partial charge in [-0.2, -0.15) is 0 Å². The second-order valence-electron chi connectivity index (χ2n) is 7.53. The number of amides is 1. The molecule has 1 fully saturated rings. The first kappa shape index (κ1) is 21.2. The monoisotopic (exact) mass is 415 g/mol. The molecule has 0 bridgehead atoms. The molecule has 1 aliphatic carbocycles. The van der Waals surface area contributed by atoms with Crippen molar-refractivity contribution in [3.05, 3.63) is 59.1 Å². The van der Waals surface area contributed by atoms with Gasteiger partial charge in [-0.05, 0) is 42.2 Å². The zero-order chi connectivity index (χ0) is 20.6. The van der Waals surface area contributed by atoms with Crippen LogP contribution in [0.4, 0.5) is 0 Å². The van der Waals surface area contributed by atoms with Crippen LogP contribution in [0.5, 0.6) is 11.5 Å². The molecule has 0 radical (unpaired) electrons. The highest BCUT2D eigenvalue weighted by molar-refractivity contribution is 6.32. The van der Waals surface area contributed by atoms with Gasteiger partial charge in [0.25, 0.3) is 0 Å². The van der Waals surface area contributed by atoms with Crippen molar-refractivity contribution in [2.75, 3.05) is 0 Å². The van der Waals surface area contributed by atoms with Crippen LogP contribution in [-0.2, 0) is 16.0 Å². The average molecular weight is 416 g/mol. The summed E-state index contributed by atoms with van der Waals surface area (Å²) in [4.78, 5) is 23.8. The van der Waals surface area contributed by atoms with Gasteiger partial charge in [0.05, 0.1) is 5.02 Å². The zero-order valence-electron chi connectivity index (χ0n) is 16.3. The molecule has 0 spiro atoms. The largest absolute Gasteiger partial charge is 0.480 e. The maximum absolute atomic E-state index is 12.2. The number of hydrogen-bond donors (Lipinski definition) is 2. The predicted octanol–water partition coefficient (Wildman–Crippen LogP) is 5.21. The van der Waals surface area contributed by atoms with Gasteiger partial charge in [0, 0.05) is 12.8 Å². The molecule has 6 heteroatoms. The van der Waals surface area contributed by atoms with Crippen molar-refractivity contribution < 1.29 is 19.4 Å². The van der Waals surface area contributed by atoms with Gasteiger partial charge in [0.15, 0.2) is 0 Å². The summed E-state index contributed by atoms with van der Waals surface area (Å²) in [6.07, 6.45) is 6.28. The van der Waals surface area contributed by atoms with Gasteiger partial charge in [-0.25, -0.2) is 4.79 Å². The van der Waals surface area contributed by atoms with E-state index in [1.807, 2.05) is 12.1 Å². The van der Waals surface area contributed by atoms with E-state index in [1.165, 1.54) is 25.7 Å². The third-order valence-electron chi connectivity index (χ3n) is 5.32. The van der Waals surface area contributed by atoms with Gasteiger partial charge in [-0.15, -0.1) is 0 Å². The number of rotatable bonds is 9. The van der Waals surface area contributed by atoms with Gasteiger partial charge < -0.3 is 15.2 Å². The molecular formula is C23H26ClNO4. The number of carboxylic acids is 1. The summed E-state index contributed by atoms with van der Waals surface area (Å²) in [7, 11) is 0. The lowest BCUT2D eigenvalue weighted by atomic mass is 10.0. The summed E-state index contributed by atoms with van der Waals surface area (Å²) < 4.78 is 5.74. The molecule has 0 aromatic heterocycles. The van der Waals surface area contributed by atoms with Crippen molar-refractivity contribution >= 4 is 23.5 Å². The summed E-state index contributed by atoms with van der Waals surface area (Å²) in [6.45, 7) is 0. The molecule has 2 aromatic rings. The normalized spacial score (nSPS) is 15.1. The molecule has 3 rings (SSSR count). The Morgan fingerprint density at radius 2 is 1.79 bits per heavy atom. The molecule has 0 heterocycles. The number of benzene rings is 2. The fraction of sp³-hybridized carbons (Fsp3) is 0.391. The van der Waals surface area contributed by atoms with Crippen LogP contribution in [-0.4, -0.2) is 23.0 Å². The molecule has 1 atom stereocenters. The molecule has 2 aromatic carbocycles. The van der Waals surface area contributed by atoms with E-state index < -0.39 is 12.0 Å². The van der Waals surface area contributed by atoms with Crippen LogP contribution in [0.2, 0.25) is 5.02 Å². The minimum absolute atomic E-state index is 0.192. The molecule has 29 heavy (non-hydrogen) atoms. The summed E-state index contributed by atoms with van der Waals surface area (Å²) in [5.41, 5.74) is 0.806. The molecule has 0 unspecified atom stereocenters. The van der Waals surface area contributed by atoms with Crippen LogP contribution < -0.4 is 10.1 Å². The molecule has 154 valence electrons. The lowest BCUT2D eigenvalue weighted by Crippen LogP contribution is -2.42. The topological polar surface area (TPSA) is 75.6 Å². The van der Waals surface area contributed by atoms with Crippen LogP contribution in [0.15, 0.2) is 48.5 Å². The molecule has 2 N–H and O–H groups in total. The molecule has 5 nitrogen and oxygen atoms in total. The third-order valence-corrected chi connectivity index (χ3v) is 5.63. The number of hydrogen-bond acceptors (Lipinski definition) is 3. The van der Waals surface area contributed by atoms with Crippen molar-refractivity contribution in [2.24, 2.45) is 5.92 Å². The molecule has 1 saturated carbocycles. The highest BCUT2D eigenvalue weighted by atomic mass is 35.5. The molecule has 1 amide bonds. The number of carbonyl (C=O) groups excluding carboxylic acids is 1. The zero-order valence-corrected chi connectivity index (χ0v) is 17.0. The molecule has 0 aliphatic heterocycles. The highest BCUT2D eigenvalue weighted by Crippen LogP contribution is 2.29. The summed E-state index contributed by atoms with van der Waals surface area (Å²) >= 11 is 6.09. The Hall–Kier alpha value is -2.53. The molecular weight excluding hydrogens is 390 g/mol. The number of para-hydroxylation sites is 1. The van der Waals surface area contributed by atoms with E-state index in [0.717, 1.165) is 12.0 Å². The minimum Gasteiger partial charge on any atom is -0.480 e. The van der Waals surface area contributed by atoms with Gasteiger partial charge in [0.2, 0.25) is 5.91 Å². The van der Waals surface area contributed by atoms with E-state index in [0.29, 0.717) is 28.9 Å². The van der Waals surface area contributed by atoms with Gasteiger partial charge in [-0.1, -0.05) is 61.5 Å². The first-order chi connectivity index (χ1) is 14.0. The average Bonchev–Trinajstić information content (AvgIpc) is 3.23. The Labute approximate surface area is 176 Å². The van der Waals surface area contributed by atoms with E-state index in [2.05, 4.69) is 5.32 Å². The van der Waals surface area contributed by atoms with Crippen molar-refractivity contribution in [2.45, 2.75) is 51.0 Å². The standard InChI is InChI=1S/C23H26ClNO4/c24-19-7-3-4-8-21(19)29-18-12-9-17(10-13-18)15-20(23(27)28)25-22(26)14-11-16-5-1-2-6-16/h3-4,7-10,12-13,16,20H,1-2,5-6,11,14-15H2,(H,25,26)(H,27,28)/t20-/m0/s1. The Balaban J connectivity index is 1.53. The summed E-state index contributed by atoms with van der Waals surface area (Å²) in [6, 6.07) is 13.4. The van der Waals surface area contributed by atoms with E-state index in [9.17, 15) is 14.7 Å². The predicted molar refractivity (Wildman–Crippen MR) is 112 cm³/mol. The fourth-order valence-corrected chi connectivity index (χ4v) is 3.86. The number of aliphatic carboxylic acids is 1. The van der Waals surface area contributed by atoms with Crippen molar-refractivity contribution in [3.8, 4) is 11.5 Å². The first-order valence-corrected chi connectivity index (χ1v) is 10.4. The summed E-state index contributed by atoms with van der Waals surface area (Å²) in [5, 5.41) is 12.7. The number of halogens is 1. The molecule has 0 saturated heterocycles. The van der Waals surface area contributed by atoms with E-state index >= 15 is 0 Å². The van der Waals surface area contributed by atoms with Crippen LogP contribution in [0, 0.1) is 5.92 Å². The highest BCUT2D eigenvalue weighted by Gasteiger charge is 2.22. The van der Waals surface area contributed by atoms with E-state index in [-0.39, 0.29) is 12.3 Å². The molecule has 1 aliphatic rings. The number of carboxylic acid groups (broad SMARTS) is 1. The van der Waals surface area contributed by atoms with Gasteiger partial charge in [-0.3, -0.25) is 4.79 Å². The van der Waals surface area contributed by atoms with Crippen molar-refractivity contribution in [1.82, 2.24) is 5.32 Å². The van der Waals surface area contributed by atoms with Gasteiger partial charge in [0.1, 0.15) is 17.5 Å². The Morgan fingerprint density at radius 1 is 1.10 bits per heavy atom. The Morgan fingerprint density at radius 3 is 2.45 bits per heavy atom.